The molecule has 0 aliphatic heterocycles. The van der Waals surface area contributed by atoms with E-state index in [-0.39, 0.29) is 22.7 Å². The van der Waals surface area contributed by atoms with Gasteiger partial charge >= 0.3 is 0 Å². The fourth-order valence-electron chi connectivity index (χ4n) is 2.33. The first-order valence-corrected chi connectivity index (χ1v) is 6.79. The van der Waals surface area contributed by atoms with Gasteiger partial charge in [0.1, 0.15) is 5.02 Å². The molecule has 2 atom stereocenters. The van der Waals surface area contributed by atoms with Crippen LogP contribution in [0.15, 0.2) is 11.0 Å². The van der Waals surface area contributed by atoms with Gasteiger partial charge in [0.15, 0.2) is 0 Å². The largest absolute Gasteiger partial charge is 0.378 e. The minimum atomic E-state index is -0.256. The molecule has 1 saturated carbocycles. The van der Waals surface area contributed by atoms with Crippen LogP contribution in [0.3, 0.4) is 0 Å². The maximum absolute atomic E-state index is 11.8. The summed E-state index contributed by atoms with van der Waals surface area (Å²) in [6.45, 7) is 2.37. The molecule has 1 aliphatic carbocycles. The molecule has 5 nitrogen and oxygen atoms in total. The molecule has 1 aromatic heterocycles. The van der Waals surface area contributed by atoms with Crippen molar-refractivity contribution in [2.75, 3.05) is 5.32 Å². The molecule has 2 rings (SSSR count). The van der Waals surface area contributed by atoms with E-state index in [1.165, 1.54) is 11.1 Å². The molecule has 1 fully saturated rings. The molecule has 0 spiro atoms. The lowest BCUT2D eigenvalue weighted by Crippen LogP contribution is -2.43. The van der Waals surface area contributed by atoms with Crippen LogP contribution < -0.4 is 16.6 Å². The Bertz CT molecular complexity index is 474. The minimum Gasteiger partial charge on any atom is -0.378 e. The van der Waals surface area contributed by atoms with Gasteiger partial charge in [0, 0.05) is 18.6 Å². The number of nitrogens with two attached hydrogens (primary N) is 1. The number of aryl methyl sites for hydroxylation is 1. The summed E-state index contributed by atoms with van der Waals surface area (Å²) in [5.74, 6) is 0. The van der Waals surface area contributed by atoms with Gasteiger partial charge in [-0.1, -0.05) is 24.4 Å². The van der Waals surface area contributed by atoms with E-state index >= 15 is 0 Å². The Balaban J connectivity index is 2.19. The third kappa shape index (κ3) is 2.67. The first-order valence-electron chi connectivity index (χ1n) is 6.41. The van der Waals surface area contributed by atoms with E-state index in [0.29, 0.717) is 12.2 Å². The molecule has 1 heterocycles. The van der Waals surface area contributed by atoms with Gasteiger partial charge in [0.25, 0.3) is 5.56 Å². The van der Waals surface area contributed by atoms with Crippen molar-refractivity contribution in [3.63, 3.8) is 0 Å². The van der Waals surface area contributed by atoms with E-state index in [4.69, 9.17) is 17.3 Å². The number of nitrogens with zero attached hydrogens (tertiary/aromatic N) is 2. The Kier molecular flexibility index (Phi) is 4.24. The minimum absolute atomic E-state index is 0.114. The standard InChI is InChI=1S/C12H19ClN4O/c1-2-17-12(18)11(13)10(7-15-17)16-9-6-4-3-5-8(9)14/h7-9,16H,2-6,14H2,1H3. The van der Waals surface area contributed by atoms with Crippen molar-refractivity contribution in [2.24, 2.45) is 5.73 Å². The maximum Gasteiger partial charge on any atom is 0.287 e. The van der Waals surface area contributed by atoms with E-state index in [0.717, 1.165) is 19.3 Å². The Morgan fingerprint density at radius 3 is 2.94 bits per heavy atom. The number of anilines is 1. The first-order chi connectivity index (χ1) is 8.63. The zero-order valence-electron chi connectivity index (χ0n) is 10.5. The lowest BCUT2D eigenvalue weighted by atomic mass is 9.91. The summed E-state index contributed by atoms with van der Waals surface area (Å²) in [5, 5.41) is 7.52. The zero-order chi connectivity index (χ0) is 13.1. The van der Waals surface area contributed by atoms with Gasteiger partial charge in [-0.05, 0) is 19.8 Å². The van der Waals surface area contributed by atoms with E-state index < -0.39 is 0 Å². The molecular formula is C12H19ClN4O. The van der Waals surface area contributed by atoms with Crippen LogP contribution >= 0.6 is 11.6 Å². The summed E-state index contributed by atoms with van der Waals surface area (Å²) in [7, 11) is 0. The van der Waals surface area contributed by atoms with Crippen LogP contribution in [0, 0.1) is 0 Å². The maximum atomic E-state index is 11.8. The quantitative estimate of drug-likeness (QED) is 0.875. The van der Waals surface area contributed by atoms with E-state index in [1.54, 1.807) is 6.20 Å². The second-order valence-electron chi connectivity index (χ2n) is 4.69. The highest BCUT2D eigenvalue weighted by molar-refractivity contribution is 6.32. The van der Waals surface area contributed by atoms with Crippen molar-refractivity contribution in [2.45, 2.75) is 51.2 Å². The van der Waals surface area contributed by atoms with Crippen molar-refractivity contribution in [3.05, 3.63) is 21.6 Å². The van der Waals surface area contributed by atoms with Gasteiger partial charge in [0.2, 0.25) is 0 Å². The van der Waals surface area contributed by atoms with Gasteiger partial charge in [-0.2, -0.15) is 5.10 Å². The molecule has 100 valence electrons. The molecule has 0 bridgehead atoms. The Hall–Kier alpha value is -1.07. The normalized spacial score (nSPS) is 23.9. The molecule has 2 unspecified atom stereocenters. The summed E-state index contributed by atoms with van der Waals surface area (Å²) < 4.78 is 1.34. The van der Waals surface area contributed by atoms with Crippen LogP contribution in [-0.4, -0.2) is 21.9 Å². The Morgan fingerprint density at radius 1 is 1.56 bits per heavy atom. The highest BCUT2D eigenvalue weighted by Crippen LogP contribution is 2.23. The Labute approximate surface area is 111 Å². The van der Waals surface area contributed by atoms with Crippen molar-refractivity contribution in [1.29, 1.82) is 0 Å². The van der Waals surface area contributed by atoms with Crippen LogP contribution in [-0.2, 0) is 6.54 Å². The number of rotatable bonds is 3. The number of aromatic nitrogens is 2. The summed E-state index contributed by atoms with van der Waals surface area (Å²) in [6.07, 6.45) is 5.95. The second kappa shape index (κ2) is 5.71. The van der Waals surface area contributed by atoms with Crippen LogP contribution in [0.5, 0.6) is 0 Å². The van der Waals surface area contributed by atoms with Crippen molar-refractivity contribution >= 4 is 17.3 Å². The van der Waals surface area contributed by atoms with Crippen LogP contribution in [0.4, 0.5) is 5.69 Å². The molecule has 1 aliphatic rings. The van der Waals surface area contributed by atoms with Crippen molar-refractivity contribution < 1.29 is 0 Å². The van der Waals surface area contributed by atoms with Crippen molar-refractivity contribution in [3.8, 4) is 0 Å². The van der Waals surface area contributed by atoms with Crippen LogP contribution in [0.2, 0.25) is 5.02 Å². The SMILES string of the molecule is CCn1ncc(NC2CCCCC2N)c(Cl)c1=O. The molecule has 0 radical (unpaired) electrons. The summed E-state index contributed by atoms with van der Waals surface area (Å²) >= 11 is 6.07. The monoisotopic (exact) mass is 270 g/mol. The van der Waals surface area contributed by atoms with E-state index in [9.17, 15) is 4.79 Å². The molecular weight excluding hydrogens is 252 g/mol. The van der Waals surface area contributed by atoms with Gasteiger partial charge < -0.3 is 11.1 Å². The average molecular weight is 271 g/mol. The lowest BCUT2D eigenvalue weighted by molar-refractivity contribution is 0.404. The van der Waals surface area contributed by atoms with Crippen LogP contribution in [0.1, 0.15) is 32.6 Å². The molecule has 18 heavy (non-hydrogen) atoms. The fourth-order valence-corrected chi connectivity index (χ4v) is 2.53. The number of hydrogen-bond acceptors (Lipinski definition) is 4. The highest BCUT2D eigenvalue weighted by atomic mass is 35.5. The molecule has 0 saturated heterocycles. The molecule has 0 amide bonds. The van der Waals surface area contributed by atoms with Crippen molar-refractivity contribution in [1.82, 2.24) is 9.78 Å². The summed E-state index contributed by atoms with van der Waals surface area (Å²) in [6, 6.07) is 0.290. The molecule has 6 heteroatoms. The van der Waals surface area contributed by atoms with E-state index in [1.807, 2.05) is 6.92 Å². The third-order valence-electron chi connectivity index (χ3n) is 3.44. The third-order valence-corrected chi connectivity index (χ3v) is 3.81. The number of halogens is 1. The smallest absolute Gasteiger partial charge is 0.287 e. The molecule has 3 N–H and O–H groups in total. The molecule has 1 aromatic rings. The molecule has 0 aromatic carbocycles. The predicted octanol–water partition coefficient (Wildman–Crippen LogP) is 1.60. The fraction of sp³-hybridized carbons (Fsp3) is 0.667. The van der Waals surface area contributed by atoms with Gasteiger partial charge in [0.05, 0.1) is 11.9 Å². The zero-order valence-corrected chi connectivity index (χ0v) is 11.3. The van der Waals surface area contributed by atoms with Gasteiger partial charge in [-0.3, -0.25) is 4.79 Å². The van der Waals surface area contributed by atoms with E-state index in [2.05, 4.69) is 10.4 Å². The number of nitrogens with one attached hydrogen (secondary N) is 1. The second-order valence-corrected chi connectivity index (χ2v) is 5.07. The lowest BCUT2D eigenvalue weighted by Gasteiger charge is -2.30. The average Bonchev–Trinajstić information content (AvgIpc) is 2.38. The topological polar surface area (TPSA) is 72.9 Å². The summed E-state index contributed by atoms with van der Waals surface area (Å²) in [5.41, 5.74) is 6.40. The highest BCUT2D eigenvalue weighted by Gasteiger charge is 2.22. The first kappa shape index (κ1) is 13.4. The van der Waals surface area contributed by atoms with Crippen LogP contribution in [0.25, 0.3) is 0 Å². The Morgan fingerprint density at radius 2 is 2.28 bits per heavy atom. The predicted molar refractivity (Wildman–Crippen MR) is 73.0 cm³/mol. The van der Waals surface area contributed by atoms with Gasteiger partial charge in [-0.15, -0.1) is 0 Å². The number of hydrogen-bond donors (Lipinski definition) is 2. The summed E-state index contributed by atoms with van der Waals surface area (Å²) in [4.78, 5) is 11.8. The van der Waals surface area contributed by atoms with Gasteiger partial charge in [-0.25, -0.2) is 4.68 Å².